The molecule has 6 heteroatoms. The molecule has 4 rings (SSSR count). The smallest absolute Gasteiger partial charge is 0.381 e. The topological polar surface area (TPSA) is 25.4 Å². The SMILES string of the molecule is FC(F)(F)c1ccc(Cc2cccc([C@H]3CCCN(C4CCOCC4)C3)n2)cc1. The highest BCUT2D eigenvalue weighted by molar-refractivity contribution is 5.28. The molecule has 0 aliphatic carbocycles. The Bertz CT molecular complexity index is 801. The lowest BCUT2D eigenvalue weighted by Crippen LogP contribution is -2.44. The Hall–Kier alpha value is -1.92. The monoisotopic (exact) mass is 404 g/mol. The van der Waals surface area contributed by atoms with Gasteiger partial charge in [0, 0.05) is 49.5 Å². The lowest BCUT2D eigenvalue weighted by molar-refractivity contribution is -0.137. The van der Waals surface area contributed by atoms with Crippen LogP contribution in [0.1, 0.15) is 54.1 Å². The van der Waals surface area contributed by atoms with Gasteiger partial charge in [-0.25, -0.2) is 0 Å². The Morgan fingerprint density at radius 2 is 1.76 bits per heavy atom. The van der Waals surface area contributed by atoms with Gasteiger partial charge in [0.1, 0.15) is 0 Å². The molecule has 2 fully saturated rings. The average molecular weight is 404 g/mol. The maximum atomic E-state index is 12.7. The summed E-state index contributed by atoms with van der Waals surface area (Å²) in [6.07, 6.45) is 0.766. The zero-order chi connectivity index (χ0) is 20.3. The molecule has 0 amide bonds. The van der Waals surface area contributed by atoms with Gasteiger partial charge in [-0.1, -0.05) is 18.2 Å². The number of pyridine rings is 1. The van der Waals surface area contributed by atoms with E-state index in [0.29, 0.717) is 18.4 Å². The number of aromatic nitrogens is 1. The van der Waals surface area contributed by atoms with E-state index in [4.69, 9.17) is 9.72 Å². The molecule has 2 aliphatic heterocycles. The van der Waals surface area contributed by atoms with Crippen molar-refractivity contribution in [1.82, 2.24) is 9.88 Å². The van der Waals surface area contributed by atoms with E-state index in [1.807, 2.05) is 12.1 Å². The molecule has 0 N–H and O–H groups in total. The first kappa shape index (κ1) is 20.4. The van der Waals surface area contributed by atoms with Crippen molar-refractivity contribution in [3.05, 3.63) is 65.0 Å². The second kappa shape index (κ2) is 8.84. The third kappa shape index (κ3) is 5.17. The van der Waals surface area contributed by atoms with Gasteiger partial charge < -0.3 is 4.74 Å². The molecule has 29 heavy (non-hydrogen) atoms. The normalized spacial score (nSPS) is 22.0. The van der Waals surface area contributed by atoms with Crippen molar-refractivity contribution in [2.24, 2.45) is 0 Å². The van der Waals surface area contributed by atoms with E-state index in [1.165, 1.54) is 6.42 Å². The number of rotatable bonds is 4. The molecule has 1 aromatic heterocycles. The number of likely N-dealkylation sites (tertiary alicyclic amines) is 1. The van der Waals surface area contributed by atoms with Gasteiger partial charge in [0.2, 0.25) is 0 Å². The molecule has 0 saturated carbocycles. The first-order valence-electron chi connectivity index (χ1n) is 10.4. The molecular weight excluding hydrogens is 377 g/mol. The highest BCUT2D eigenvalue weighted by atomic mass is 19.4. The van der Waals surface area contributed by atoms with E-state index in [9.17, 15) is 13.2 Å². The van der Waals surface area contributed by atoms with Crippen LogP contribution in [0.5, 0.6) is 0 Å². The summed E-state index contributed by atoms with van der Waals surface area (Å²) < 4.78 is 43.7. The largest absolute Gasteiger partial charge is 0.416 e. The minimum Gasteiger partial charge on any atom is -0.381 e. The Balaban J connectivity index is 1.43. The molecule has 1 aromatic carbocycles. The van der Waals surface area contributed by atoms with Gasteiger partial charge in [-0.15, -0.1) is 0 Å². The predicted molar refractivity (Wildman–Crippen MR) is 106 cm³/mol. The third-order valence-electron chi connectivity index (χ3n) is 6.07. The second-order valence-corrected chi connectivity index (χ2v) is 8.10. The molecule has 1 atom stereocenters. The summed E-state index contributed by atoms with van der Waals surface area (Å²) in [5.74, 6) is 0.416. The summed E-state index contributed by atoms with van der Waals surface area (Å²) in [5, 5.41) is 0. The van der Waals surface area contributed by atoms with Crippen molar-refractivity contribution in [3.8, 4) is 0 Å². The zero-order valence-corrected chi connectivity index (χ0v) is 16.5. The molecule has 2 aromatic rings. The Morgan fingerprint density at radius 3 is 2.48 bits per heavy atom. The zero-order valence-electron chi connectivity index (χ0n) is 16.5. The molecular formula is C23H27F3N2O. The minimum absolute atomic E-state index is 0.416. The van der Waals surface area contributed by atoms with Crippen molar-refractivity contribution < 1.29 is 17.9 Å². The number of halogens is 3. The Labute approximate surface area is 169 Å². The Kier molecular flexibility index (Phi) is 6.20. The average Bonchev–Trinajstić information content (AvgIpc) is 2.74. The van der Waals surface area contributed by atoms with Gasteiger partial charge in [0.05, 0.1) is 5.56 Å². The summed E-state index contributed by atoms with van der Waals surface area (Å²) in [6, 6.07) is 12.1. The van der Waals surface area contributed by atoms with E-state index >= 15 is 0 Å². The van der Waals surface area contributed by atoms with Crippen molar-refractivity contribution >= 4 is 0 Å². The van der Waals surface area contributed by atoms with Crippen molar-refractivity contribution in [2.45, 2.75) is 50.2 Å². The van der Waals surface area contributed by atoms with Crippen LogP contribution >= 0.6 is 0 Å². The van der Waals surface area contributed by atoms with Crippen LogP contribution in [0.25, 0.3) is 0 Å². The maximum Gasteiger partial charge on any atom is 0.416 e. The van der Waals surface area contributed by atoms with Gasteiger partial charge >= 0.3 is 6.18 Å². The number of nitrogens with zero attached hydrogens (tertiary/aromatic N) is 2. The highest BCUT2D eigenvalue weighted by Crippen LogP contribution is 2.31. The minimum atomic E-state index is -4.30. The fourth-order valence-corrected chi connectivity index (χ4v) is 4.47. The van der Waals surface area contributed by atoms with Crippen LogP contribution in [0.15, 0.2) is 42.5 Å². The van der Waals surface area contributed by atoms with Crippen molar-refractivity contribution in [1.29, 1.82) is 0 Å². The van der Waals surface area contributed by atoms with Gasteiger partial charge in [-0.05, 0) is 62.1 Å². The van der Waals surface area contributed by atoms with Crippen molar-refractivity contribution in [3.63, 3.8) is 0 Å². The summed E-state index contributed by atoms with van der Waals surface area (Å²) in [5.41, 5.74) is 2.24. The summed E-state index contributed by atoms with van der Waals surface area (Å²) in [4.78, 5) is 7.47. The van der Waals surface area contributed by atoms with Crippen LogP contribution in [0, 0.1) is 0 Å². The number of benzene rings is 1. The maximum absolute atomic E-state index is 12.7. The van der Waals surface area contributed by atoms with Crippen LogP contribution in [0.2, 0.25) is 0 Å². The molecule has 0 unspecified atom stereocenters. The number of ether oxygens (including phenoxy) is 1. The third-order valence-corrected chi connectivity index (χ3v) is 6.07. The van der Waals surface area contributed by atoms with E-state index in [2.05, 4.69) is 11.0 Å². The van der Waals surface area contributed by atoms with Crippen LogP contribution in [0.4, 0.5) is 13.2 Å². The van der Waals surface area contributed by atoms with Gasteiger partial charge in [0.15, 0.2) is 0 Å². The molecule has 3 heterocycles. The number of alkyl halides is 3. The summed E-state index contributed by atoms with van der Waals surface area (Å²) in [7, 11) is 0. The molecule has 0 bridgehead atoms. The molecule has 0 spiro atoms. The van der Waals surface area contributed by atoms with Crippen LogP contribution in [0.3, 0.4) is 0 Å². The van der Waals surface area contributed by atoms with Crippen LogP contribution in [-0.4, -0.2) is 42.2 Å². The molecule has 0 radical (unpaired) electrons. The lowest BCUT2D eigenvalue weighted by Gasteiger charge is -2.39. The first-order chi connectivity index (χ1) is 14.0. The lowest BCUT2D eigenvalue weighted by atomic mass is 9.91. The standard InChI is InChI=1S/C23H27F3N2O/c24-23(25,26)19-8-6-17(7-9-19)15-20-4-1-5-22(27-20)18-3-2-12-28(16-18)21-10-13-29-14-11-21/h1,4-9,18,21H,2-3,10-16H2/t18-/m0/s1. The van der Waals surface area contributed by atoms with Crippen LogP contribution < -0.4 is 0 Å². The molecule has 156 valence electrons. The highest BCUT2D eigenvalue weighted by Gasteiger charge is 2.30. The van der Waals surface area contributed by atoms with Crippen LogP contribution in [-0.2, 0) is 17.3 Å². The molecule has 2 aliphatic rings. The molecule has 2 saturated heterocycles. The fraction of sp³-hybridized carbons (Fsp3) is 0.522. The van der Waals surface area contributed by atoms with Gasteiger partial charge in [-0.2, -0.15) is 13.2 Å². The number of hydrogen-bond donors (Lipinski definition) is 0. The van der Waals surface area contributed by atoms with E-state index < -0.39 is 11.7 Å². The quantitative estimate of drug-likeness (QED) is 0.713. The molecule has 3 nitrogen and oxygen atoms in total. The number of hydrogen-bond acceptors (Lipinski definition) is 3. The van der Waals surface area contributed by atoms with E-state index in [-0.39, 0.29) is 0 Å². The second-order valence-electron chi connectivity index (χ2n) is 8.10. The summed E-state index contributed by atoms with van der Waals surface area (Å²) >= 11 is 0. The summed E-state index contributed by atoms with van der Waals surface area (Å²) in [6.45, 7) is 3.88. The van der Waals surface area contributed by atoms with Gasteiger partial charge in [0.25, 0.3) is 0 Å². The van der Waals surface area contributed by atoms with E-state index in [0.717, 1.165) is 74.6 Å². The fourth-order valence-electron chi connectivity index (χ4n) is 4.47. The van der Waals surface area contributed by atoms with E-state index in [1.54, 1.807) is 12.1 Å². The van der Waals surface area contributed by atoms with Crippen molar-refractivity contribution in [2.75, 3.05) is 26.3 Å². The predicted octanol–water partition coefficient (Wildman–Crippen LogP) is 5.05. The van der Waals surface area contributed by atoms with Gasteiger partial charge in [-0.3, -0.25) is 9.88 Å². The number of piperidine rings is 1. The Morgan fingerprint density at radius 1 is 1.00 bits per heavy atom. The first-order valence-corrected chi connectivity index (χ1v) is 10.4.